The number of anilines is 2. The summed E-state index contributed by atoms with van der Waals surface area (Å²) in [7, 11) is 0. The molecular formula is C28H27N5O3S. The number of aromatic nitrogens is 2. The fourth-order valence-corrected chi connectivity index (χ4v) is 4.38. The lowest BCUT2D eigenvalue weighted by Gasteiger charge is -2.18. The Labute approximate surface area is 219 Å². The SMILES string of the molecule is CCN(CC(=O)Nc1ccc(NC(C)=O)cc1)C(=O)/C=C/c1cn(-c2ccccc2)nc1-c1cccs1. The molecule has 4 aromatic rings. The van der Waals surface area contributed by atoms with Crippen LogP contribution in [0.5, 0.6) is 0 Å². The van der Waals surface area contributed by atoms with E-state index in [0.29, 0.717) is 17.9 Å². The molecule has 2 aromatic carbocycles. The van der Waals surface area contributed by atoms with Gasteiger partial charge in [0.2, 0.25) is 17.7 Å². The maximum atomic E-state index is 13.0. The first-order valence-electron chi connectivity index (χ1n) is 11.8. The fourth-order valence-electron chi connectivity index (χ4n) is 3.65. The average molecular weight is 514 g/mol. The molecule has 8 nitrogen and oxygen atoms in total. The van der Waals surface area contributed by atoms with Gasteiger partial charge in [-0.1, -0.05) is 24.3 Å². The molecule has 2 aromatic heterocycles. The highest BCUT2D eigenvalue weighted by molar-refractivity contribution is 7.13. The van der Waals surface area contributed by atoms with Crippen LogP contribution in [0, 0.1) is 0 Å². The molecule has 0 aliphatic carbocycles. The summed E-state index contributed by atoms with van der Waals surface area (Å²) in [6.07, 6.45) is 5.11. The number of amides is 3. The molecule has 188 valence electrons. The van der Waals surface area contributed by atoms with Crippen molar-refractivity contribution in [3.8, 4) is 16.3 Å². The number of hydrogen-bond donors (Lipinski definition) is 2. The van der Waals surface area contributed by atoms with E-state index in [1.54, 1.807) is 46.4 Å². The van der Waals surface area contributed by atoms with Crippen molar-refractivity contribution in [3.05, 3.63) is 89.9 Å². The first-order valence-corrected chi connectivity index (χ1v) is 12.6. The van der Waals surface area contributed by atoms with Crippen molar-refractivity contribution in [1.82, 2.24) is 14.7 Å². The van der Waals surface area contributed by atoms with E-state index in [1.165, 1.54) is 17.9 Å². The van der Waals surface area contributed by atoms with E-state index in [4.69, 9.17) is 5.10 Å². The van der Waals surface area contributed by atoms with Crippen LogP contribution in [0.15, 0.2) is 84.4 Å². The second-order valence-electron chi connectivity index (χ2n) is 8.18. The third-order valence-corrected chi connectivity index (χ3v) is 6.32. The lowest BCUT2D eigenvalue weighted by molar-refractivity contribution is -0.130. The quantitative estimate of drug-likeness (QED) is 0.306. The molecule has 0 atom stereocenters. The Morgan fingerprint density at radius 1 is 0.973 bits per heavy atom. The van der Waals surface area contributed by atoms with E-state index in [0.717, 1.165) is 21.8 Å². The van der Waals surface area contributed by atoms with E-state index < -0.39 is 0 Å². The van der Waals surface area contributed by atoms with Gasteiger partial charge in [0.1, 0.15) is 12.2 Å². The highest BCUT2D eigenvalue weighted by Gasteiger charge is 2.15. The number of para-hydroxylation sites is 1. The molecule has 3 amide bonds. The van der Waals surface area contributed by atoms with Crippen LogP contribution in [-0.2, 0) is 14.4 Å². The van der Waals surface area contributed by atoms with E-state index in [9.17, 15) is 14.4 Å². The Kier molecular flexibility index (Phi) is 8.27. The molecule has 0 aliphatic heterocycles. The minimum atomic E-state index is -0.313. The maximum Gasteiger partial charge on any atom is 0.247 e. The van der Waals surface area contributed by atoms with Crippen molar-refractivity contribution >= 4 is 46.5 Å². The topological polar surface area (TPSA) is 96.3 Å². The van der Waals surface area contributed by atoms with Crippen molar-refractivity contribution in [2.24, 2.45) is 0 Å². The van der Waals surface area contributed by atoms with Gasteiger partial charge in [0.05, 0.1) is 10.6 Å². The zero-order valence-corrected chi connectivity index (χ0v) is 21.4. The lowest BCUT2D eigenvalue weighted by Crippen LogP contribution is -2.36. The molecular weight excluding hydrogens is 486 g/mol. The zero-order valence-electron chi connectivity index (χ0n) is 20.5. The summed E-state index contributed by atoms with van der Waals surface area (Å²) in [5.41, 5.74) is 3.72. The number of thiophene rings is 1. The number of rotatable bonds is 9. The van der Waals surface area contributed by atoms with E-state index in [2.05, 4.69) is 10.6 Å². The Morgan fingerprint density at radius 3 is 2.30 bits per heavy atom. The van der Waals surface area contributed by atoms with Gasteiger partial charge >= 0.3 is 0 Å². The van der Waals surface area contributed by atoms with Gasteiger partial charge in [-0.05, 0) is 60.8 Å². The molecule has 0 radical (unpaired) electrons. The number of nitrogens with zero attached hydrogens (tertiary/aromatic N) is 3. The van der Waals surface area contributed by atoms with Crippen LogP contribution in [0.1, 0.15) is 19.4 Å². The molecule has 0 spiro atoms. The average Bonchev–Trinajstić information content (AvgIpc) is 3.57. The lowest BCUT2D eigenvalue weighted by atomic mass is 10.2. The highest BCUT2D eigenvalue weighted by Crippen LogP contribution is 2.28. The van der Waals surface area contributed by atoms with Crippen molar-refractivity contribution in [2.75, 3.05) is 23.7 Å². The van der Waals surface area contributed by atoms with E-state index in [-0.39, 0.29) is 24.3 Å². The number of carbonyl (C=O) groups excluding carboxylic acids is 3. The molecule has 0 saturated heterocycles. The molecule has 2 heterocycles. The van der Waals surface area contributed by atoms with Gasteiger partial charge in [0, 0.05) is 42.7 Å². The molecule has 0 unspecified atom stereocenters. The van der Waals surface area contributed by atoms with Gasteiger partial charge in [-0.15, -0.1) is 11.3 Å². The number of benzene rings is 2. The zero-order chi connectivity index (χ0) is 26.2. The minimum absolute atomic E-state index is 0.0891. The maximum absolute atomic E-state index is 13.0. The first kappa shape index (κ1) is 25.6. The summed E-state index contributed by atoms with van der Waals surface area (Å²) < 4.78 is 1.79. The van der Waals surface area contributed by atoms with Gasteiger partial charge in [-0.25, -0.2) is 4.68 Å². The summed E-state index contributed by atoms with van der Waals surface area (Å²) in [6, 6.07) is 20.5. The molecule has 37 heavy (non-hydrogen) atoms. The van der Waals surface area contributed by atoms with Crippen LogP contribution in [-0.4, -0.2) is 45.5 Å². The van der Waals surface area contributed by atoms with Gasteiger partial charge in [0.25, 0.3) is 0 Å². The summed E-state index contributed by atoms with van der Waals surface area (Å²) in [5.74, 6) is -0.757. The normalized spacial score (nSPS) is 10.9. The Bertz CT molecular complexity index is 1390. The predicted molar refractivity (Wildman–Crippen MR) is 148 cm³/mol. The molecule has 4 rings (SSSR count). The number of nitrogens with one attached hydrogen (secondary N) is 2. The van der Waals surface area contributed by atoms with Crippen LogP contribution in [0.2, 0.25) is 0 Å². The van der Waals surface area contributed by atoms with Gasteiger partial charge in [-0.3, -0.25) is 14.4 Å². The minimum Gasteiger partial charge on any atom is -0.330 e. The fraction of sp³-hybridized carbons (Fsp3) is 0.143. The van der Waals surface area contributed by atoms with Crippen LogP contribution < -0.4 is 10.6 Å². The molecule has 0 bridgehead atoms. The third-order valence-electron chi connectivity index (χ3n) is 5.44. The second-order valence-corrected chi connectivity index (χ2v) is 9.13. The number of likely N-dealkylation sites (N-methyl/N-ethyl adjacent to an activating group) is 1. The molecule has 2 N–H and O–H groups in total. The van der Waals surface area contributed by atoms with Crippen LogP contribution in [0.25, 0.3) is 22.3 Å². The standard InChI is InChI=1S/C28H27N5O3S/c1-3-32(19-26(35)30-23-14-12-22(13-15-23)29-20(2)34)27(36)16-11-21-18-33(24-8-5-4-6-9-24)31-28(21)25-10-7-17-37-25/h4-18H,3,19H2,1-2H3,(H,29,34)(H,30,35)/b16-11+. The van der Waals surface area contributed by atoms with E-state index in [1.807, 2.05) is 61.0 Å². The van der Waals surface area contributed by atoms with Crippen LogP contribution in [0.3, 0.4) is 0 Å². The molecule has 0 fully saturated rings. The van der Waals surface area contributed by atoms with Crippen molar-refractivity contribution in [3.63, 3.8) is 0 Å². The molecule has 9 heteroatoms. The predicted octanol–water partition coefficient (Wildman–Crippen LogP) is 5.06. The van der Waals surface area contributed by atoms with Crippen molar-refractivity contribution in [2.45, 2.75) is 13.8 Å². The second kappa shape index (κ2) is 12.0. The summed E-state index contributed by atoms with van der Waals surface area (Å²) >= 11 is 1.58. The first-order chi connectivity index (χ1) is 17.9. The van der Waals surface area contributed by atoms with Gasteiger partial charge in [0.15, 0.2) is 0 Å². The third kappa shape index (κ3) is 6.80. The van der Waals surface area contributed by atoms with Gasteiger partial charge < -0.3 is 15.5 Å². The van der Waals surface area contributed by atoms with Crippen LogP contribution in [0.4, 0.5) is 11.4 Å². The molecule has 0 aliphatic rings. The van der Waals surface area contributed by atoms with Crippen LogP contribution >= 0.6 is 11.3 Å². The number of carbonyl (C=O) groups is 3. The summed E-state index contributed by atoms with van der Waals surface area (Å²) in [5, 5.41) is 12.2. The Balaban J connectivity index is 1.45. The summed E-state index contributed by atoms with van der Waals surface area (Å²) in [6.45, 7) is 3.54. The highest BCUT2D eigenvalue weighted by atomic mass is 32.1. The van der Waals surface area contributed by atoms with Crippen molar-refractivity contribution < 1.29 is 14.4 Å². The Hall–Kier alpha value is -4.50. The molecule has 0 saturated carbocycles. The monoisotopic (exact) mass is 513 g/mol. The largest absolute Gasteiger partial charge is 0.330 e. The smallest absolute Gasteiger partial charge is 0.247 e. The summed E-state index contributed by atoms with van der Waals surface area (Å²) in [4.78, 5) is 39.1. The van der Waals surface area contributed by atoms with Crippen molar-refractivity contribution in [1.29, 1.82) is 0 Å². The Morgan fingerprint density at radius 2 is 1.68 bits per heavy atom. The van der Waals surface area contributed by atoms with Gasteiger partial charge in [-0.2, -0.15) is 5.10 Å². The van der Waals surface area contributed by atoms with E-state index >= 15 is 0 Å². The number of hydrogen-bond acceptors (Lipinski definition) is 5.